The van der Waals surface area contributed by atoms with Crippen LogP contribution in [-0.2, 0) is 9.53 Å². The lowest BCUT2D eigenvalue weighted by molar-refractivity contribution is -0.124. The number of esters is 1. The minimum Gasteiger partial charge on any atom is -0.451 e. The number of benzene rings is 1. The zero-order valence-corrected chi connectivity index (χ0v) is 14.8. The van der Waals surface area contributed by atoms with Gasteiger partial charge in [-0.1, -0.05) is 53.0 Å². The highest BCUT2D eigenvalue weighted by Crippen LogP contribution is 2.22. The minimum absolute atomic E-state index is 0.0919. The predicted octanol–water partition coefficient (Wildman–Crippen LogP) is 4.08. The van der Waals surface area contributed by atoms with Crippen LogP contribution in [0.4, 0.5) is 0 Å². The van der Waals surface area contributed by atoms with Gasteiger partial charge in [-0.15, -0.1) is 0 Å². The second-order valence-corrected chi connectivity index (χ2v) is 6.05. The molecule has 2 aromatic rings. The number of hydrogen-bond donors (Lipinski definition) is 1. The van der Waals surface area contributed by atoms with Crippen LogP contribution in [0.2, 0.25) is 15.2 Å². The van der Waals surface area contributed by atoms with Crippen LogP contribution in [-0.4, -0.2) is 23.5 Å². The Morgan fingerprint density at radius 2 is 1.83 bits per heavy atom. The lowest BCUT2D eigenvalue weighted by Gasteiger charge is -2.15. The highest BCUT2D eigenvalue weighted by Gasteiger charge is 2.17. The summed E-state index contributed by atoms with van der Waals surface area (Å²) in [4.78, 5) is 27.6. The fourth-order valence-electron chi connectivity index (χ4n) is 1.95. The number of halogens is 3. The van der Waals surface area contributed by atoms with Gasteiger partial charge < -0.3 is 10.1 Å². The van der Waals surface area contributed by atoms with Crippen molar-refractivity contribution in [1.82, 2.24) is 10.3 Å². The van der Waals surface area contributed by atoms with E-state index < -0.39 is 18.5 Å². The Balaban J connectivity index is 1.92. The van der Waals surface area contributed by atoms with Crippen molar-refractivity contribution in [3.63, 3.8) is 0 Å². The van der Waals surface area contributed by atoms with Gasteiger partial charge in [-0.3, -0.25) is 4.79 Å². The monoisotopic (exact) mass is 386 g/mol. The van der Waals surface area contributed by atoms with E-state index >= 15 is 0 Å². The number of nitrogens with one attached hydrogen (secondary N) is 1. The molecule has 1 heterocycles. The number of aromatic nitrogens is 1. The van der Waals surface area contributed by atoms with E-state index in [1.807, 2.05) is 6.07 Å². The molecule has 0 saturated carbocycles. The number of ether oxygens (including phenoxy) is 1. The van der Waals surface area contributed by atoms with Crippen molar-refractivity contribution < 1.29 is 14.3 Å². The van der Waals surface area contributed by atoms with Gasteiger partial charge in [-0.05, 0) is 30.7 Å². The quantitative estimate of drug-likeness (QED) is 0.620. The first kappa shape index (κ1) is 18.5. The van der Waals surface area contributed by atoms with Gasteiger partial charge in [0.25, 0.3) is 5.91 Å². The van der Waals surface area contributed by atoms with E-state index in [0.29, 0.717) is 5.02 Å². The molecule has 0 aliphatic carbocycles. The lowest BCUT2D eigenvalue weighted by atomic mass is 10.1. The van der Waals surface area contributed by atoms with Gasteiger partial charge in [0.1, 0.15) is 5.15 Å². The third kappa shape index (κ3) is 4.84. The smallest absolute Gasteiger partial charge is 0.359 e. The average molecular weight is 388 g/mol. The van der Waals surface area contributed by atoms with Crippen molar-refractivity contribution in [2.45, 2.75) is 13.0 Å². The second-order valence-electron chi connectivity index (χ2n) is 4.85. The summed E-state index contributed by atoms with van der Waals surface area (Å²) < 4.78 is 4.90. The molecule has 0 radical (unpaired) electrons. The molecule has 0 aliphatic heterocycles. The highest BCUT2D eigenvalue weighted by molar-refractivity contribution is 6.34. The Bertz CT molecular complexity index is 768. The van der Waals surface area contributed by atoms with Crippen LogP contribution in [0.1, 0.15) is 29.0 Å². The standard InChI is InChI=1S/C16H13Cl3N2O3/c1-9(10-4-2-3-5-11(10)17)20-14(22)8-24-16(23)15-12(18)6-7-13(19)21-15/h2-7,9H,8H2,1H3,(H,20,22)/t9-/m0/s1. The molecular formula is C16H13Cl3N2O3. The summed E-state index contributed by atoms with van der Waals surface area (Å²) in [5.74, 6) is -1.31. The van der Waals surface area contributed by atoms with Crippen molar-refractivity contribution in [3.8, 4) is 0 Å². The first-order valence-electron chi connectivity index (χ1n) is 6.91. The maximum Gasteiger partial charge on any atom is 0.359 e. The number of carbonyl (C=O) groups excluding carboxylic acids is 2. The van der Waals surface area contributed by atoms with Gasteiger partial charge in [0.15, 0.2) is 12.3 Å². The molecule has 1 atom stereocenters. The van der Waals surface area contributed by atoms with E-state index in [1.165, 1.54) is 12.1 Å². The number of hydrogen-bond acceptors (Lipinski definition) is 4. The van der Waals surface area contributed by atoms with Crippen LogP contribution in [0, 0.1) is 0 Å². The van der Waals surface area contributed by atoms with Gasteiger partial charge in [0.2, 0.25) is 0 Å². The molecule has 5 nitrogen and oxygen atoms in total. The minimum atomic E-state index is -0.831. The van der Waals surface area contributed by atoms with Crippen molar-refractivity contribution in [3.05, 3.63) is 62.9 Å². The highest BCUT2D eigenvalue weighted by atomic mass is 35.5. The summed E-state index contributed by atoms with van der Waals surface area (Å²) >= 11 is 17.6. The molecule has 8 heteroatoms. The van der Waals surface area contributed by atoms with Crippen molar-refractivity contribution in [2.75, 3.05) is 6.61 Å². The Morgan fingerprint density at radius 3 is 2.54 bits per heavy atom. The molecule has 0 unspecified atom stereocenters. The molecule has 1 aromatic carbocycles. The van der Waals surface area contributed by atoms with Gasteiger partial charge in [0.05, 0.1) is 11.1 Å². The third-order valence-corrected chi connectivity index (χ3v) is 3.95. The summed E-state index contributed by atoms with van der Waals surface area (Å²) in [6, 6.07) is 9.67. The maximum absolute atomic E-state index is 11.9. The summed E-state index contributed by atoms with van der Waals surface area (Å²) in [5, 5.41) is 3.42. The number of amides is 1. The summed E-state index contributed by atoms with van der Waals surface area (Å²) in [6.45, 7) is 1.30. The predicted molar refractivity (Wildman–Crippen MR) is 92.5 cm³/mol. The van der Waals surface area contributed by atoms with Gasteiger partial charge in [0, 0.05) is 5.02 Å². The number of pyridine rings is 1. The molecule has 1 N–H and O–H groups in total. The average Bonchev–Trinajstić information content (AvgIpc) is 2.55. The molecule has 2 rings (SSSR count). The molecule has 0 bridgehead atoms. The van der Waals surface area contributed by atoms with Crippen LogP contribution in [0.3, 0.4) is 0 Å². The van der Waals surface area contributed by atoms with Crippen LogP contribution in [0.25, 0.3) is 0 Å². The van der Waals surface area contributed by atoms with E-state index in [2.05, 4.69) is 10.3 Å². The Kier molecular flexibility index (Phi) is 6.43. The van der Waals surface area contributed by atoms with Gasteiger partial charge >= 0.3 is 5.97 Å². The summed E-state index contributed by atoms with van der Waals surface area (Å²) in [5.41, 5.74) is 0.620. The summed E-state index contributed by atoms with van der Waals surface area (Å²) in [7, 11) is 0. The maximum atomic E-state index is 11.9. The van der Waals surface area contributed by atoms with E-state index in [1.54, 1.807) is 25.1 Å². The molecular weight excluding hydrogens is 375 g/mol. The molecule has 0 saturated heterocycles. The van der Waals surface area contributed by atoms with Crippen LogP contribution >= 0.6 is 34.8 Å². The zero-order chi connectivity index (χ0) is 17.7. The van der Waals surface area contributed by atoms with Gasteiger partial charge in [-0.2, -0.15) is 0 Å². The summed E-state index contributed by atoms with van der Waals surface area (Å²) in [6.07, 6.45) is 0. The SMILES string of the molecule is C[C@H](NC(=O)COC(=O)c1nc(Cl)ccc1Cl)c1ccccc1Cl. The fraction of sp³-hybridized carbons (Fsp3) is 0.188. The molecule has 0 fully saturated rings. The van der Waals surface area contributed by atoms with Crippen LogP contribution in [0.5, 0.6) is 0 Å². The Hall–Kier alpha value is -1.82. The van der Waals surface area contributed by atoms with E-state index in [4.69, 9.17) is 39.5 Å². The number of carbonyl (C=O) groups is 2. The molecule has 0 aliphatic rings. The van der Waals surface area contributed by atoms with E-state index in [-0.39, 0.29) is 21.9 Å². The largest absolute Gasteiger partial charge is 0.451 e. The van der Waals surface area contributed by atoms with Crippen molar-refractivity contribution >= 4 is 46.7 Å². The molecule has 24 heavy (non-hydrogen) atoms. The third-order valence-electron chi connectivity index (χ3n) is 3.09. The van der Waals surface area contributed by atoms with E-state index in [9.17, 15) is 9.59 Å². The molecule has 1 amide bonds. The first-order chi connectivity index (χ1) is 11.4. The number of rotatable bonds is 5. The van der Waals surface area contributed by atoms with Gasteiger partial charge in [-0.25, -0.2) is 9.78 Å². The molecule has 126 valence electrons. The Labute approximate surface area is 153 Å². The zero-order valence-electron chi connectivity index (χ0n) is 12.6. The van der Waals surface area contributed by atoms with Crippen LogP contribution in [0.15, 0.2) is 36.4 Å². The van der Waals surface area contributed by atoms with Crippen LogP contribution < -0.4 is 5.32 Å². The Morgan fingerprint density at radius 1 is 1.12 bits per heavy atom. The van der Waals surface area contributed by atoms with Crippen molar-refractivity contribution in [2.24, 2.45) is 0 Å². The topological polar surface area (TPSA) is 68.3 Å². The second kappa shape index (κ2) is 8.33. The molecule has 0 spiro atoms. The fourth-order valence-corrected chi connectivity index (χ4v) is 2.58. The number of nitrogens with zero attached hydrogens (tertiary/aromatic N) is 1. The lowest BCUT2D eigenvalue weighted by Crippen LogP contribution is -2.31. The normalized spacial score (nSPS) is 11.7. The molecule has 1 aromatic heterocycles. The first-order valence-corrected chi connectivity index (χ1v) is 8.05. The van der Waals surface area contributed by atoms with Crippen molar-refractivity contribution in [1.29, 1.82) is 0 Å². The van der Waals surface area contributed by atoms with E-state index in [0.717, 1.165) is 5.56 Å².